The van der Waals surface area contributed by atoms with Crippen molar-refractivity contribution in [2.75, 3.05) is 20.8 Å². The van der Waals surface area contributed by atoms with E-state index in [1.165, 1.54) is 24.9 Å². The van der Waals surface area contributed by atoms with Crippen LogP contribution in [0.5, 0.6) is 11.5 Å². The molecule has 0 N–H and O–H groups in total. The van der Waals surface area contributed by atoms with Crippen LogP contribution in [-0.2, 0) is 9.53 Å². The third-order valence-corrected chi connectivity index (χ3v) is 8.79. The molecule has 1 atom stereocenters. The molecule has 0 aliphatic carbocycles. The Morgan fingerprint density at radius 2 is 1.78 bits per heavy atom. The van der Waals surface area contributed by atoms with Crippen molar-refractivity contribution >= 4 is 40.8 Å². The number of aryl methyl sites for hydroxylation is 2. The van der Waals surface area contributed by atoms with Gasteiger partial charge in [-0.3, -0.25) is 19.5 Å². The Morgan fingerprint density at radius 1 is 1.07 bits per heavy atom. The summed E-state index contributed by atoms with van der Waals surface area (Å²) in [5, 5.41) is 12.5. The number of aromatic nitrogens is 3. The molecule has 4 aromatic rings. The molecule has 45 heavy (non-hydrogen) atoms. The van der Waals surface area contributed by atoms with Gasteiger partial charge >= 0.3 is 5.97 Å². The van der Waals surface area contributed by atoms with Crippen LogP contribution in [-0.4, -0.2) is 46.3 Å². The van der Waals surface area contributed by atoms with Crippen molar-refractivity contribution < 1.29 is 23.9 Å². The summed E-state index contributed by atoms with van der Waals surface area (Å²) in [6, 6.07) is 10.8. The van der Waals surface area contributed by atoms with Crippen molar-refractivity contribution in [1.29, 1.82) is 0 Å². The monoisotopic (exact) mass is 647 g/mol. The van der Waals surface area contributed by atoms with Gasteiger partial charge in [-0.2, -0.15) is 0 Å². The van der Waals surface area contributed by atoms with Gasteiger partial charge in [0.2, 0.25) is 0 Å². The quantitative estimate of drug-likeness (QED) is 0.112. The van der Waals surface area contributed by atoms with E-state index in [0.717, 1.165) is 34.5 Å². The second-order valence-electron chi connectivity index (χ2n) is 9.94. The summed E-state index contributed by atoms with van der Waals surface area (Å²) in [7, 11) is 3.01. The minimum atomic E-state index is -0.867. The van der Waals surface area contributed by atoms with Crippen LogP contribution in [0.15, 0.2) is 73.6 Å². The summed E-state index contributed by atoms with van der Waals surface area (Å²) in [5.41, 5.74) is 2.61. The number of methoxy groups -OCH3 is 2. The highest BCUT2D eigenvalue weighted by Gasteiger charge is 2.34. The average molecular weight is 648 g/mol. The molecule has 2 aromatic carbocycles. The van der Waals surface area contributed by atoms with Crippen molar-refractivity contribution in [3.63, 3.8) is 0 Å². The molecule has 232 valence electrons. The molecule has 0 bridgehead atoms. The van der Waals surface area contributed by atoms with Crippen molar-refractivity contribution in [2.45, 2.75) is 43.8 Å². The van der Waals surface area contributed by atoms with Crippen LogP contribution >= 0.6 is 23.1 Å². The van der Waals surface area contributed by atoms with Gasteiger partial charge in [-0.15, -0.1) is 0 Å². The fourth-order valence-corrected chi connectivity index (χ4v) is 6.97. The van der Waals surface area contributed by atoms with Crippen molar-refractivity contribution in [3.8, 4) is 11.5 Å². The van der Waals surface area contributed by atoms with E-state index in [9.17, 15) is 19.7 Å². The summed E-state index contributed by atoms with van der Waals surface area (Å²) in [4.78, 5) is 52.8. The highest BCUT2D eigenvalue weighted by Crippen LogP contribution is 2.37. The predicted molar refractivity (Wildman–Crippen MR) is 169 cm³/mol. The third-order valence-electron chi connectivity index (χ3n) is 6.88. The number of esters is 1. The van der Waals surface area contributed by atoms with E-state index in [-0.39, 0.29) is 22.4 Å². The SMILES string of the molecule is CCOC(=O)C1=C(C)N=c2s/c(=C/c3ccc(Sc4nc(C)cc(C)n4)c([N+](=O)[O-])c3)c(=O)n2[C@H]1c1ccc(OC)c(OC)c1. The minimum Gasteiger partial charge on any atom is -0.493 e. The molecular weight excluding hydrogens is 619 g/mol. The lowest BCUT2D eigenvalue weighted by molar-refractivity contribution is -0.387. The second kappa shape index (κ2) is 13.0. The molecule has 12 nitrogen and oxygen atoms in total. The number of benzene rings is 2. The Hall–Kier alpha value is -4.82. The molecule has 0 amide bonds. The molecule has 0 fully saturated rings. The van der Waals surface area contributed by atoms with Gasteiger partial charge in [0, 0.05) is 17.5 Å². The summed E-state index contributed by atoms with van der Waals surface area (Å²) in [6.07, 6.45) is 1.58. The van der Waals surface area contributed by atoms with Gasteiger partial charge in [0.25, 0.3) is 11.2 Å². The lowest BCUT2D eigenvalue weighted by atomic mass is 9.95. The Labute approximate surface area is 265 Å². The molecule has 5 rings (SSSR count). The number of hydrogen-bond acceptors (Lipinski definition) is 12. The number of hydrogen-bond donors (Lipinski definition) is 0. The number of nitro groups is 1. The Bertz CT molecular complexity index is 2030. The molecule has 1 aliphatic heterocycles. The number of nitro benzene ring substituents is 1. The Morgan fingerprint density at radius 3 is 2.42 bits per heavy atom. The molecule has 0 unspecified atom stereocenters. The fourth-order valence-electron chi connectivity index (χ4n) is 4.97. The number of nitrogens with zero attached hydrogens (tertiary/aromatic N) is 5. The molecule has 0 spiro atoms. The van der Waals surface area contributed by atoms with E-state index in [1.54, 1.807) is 50.3 Å². The number of ether oxygens (including phenoxy) is 3. The number of allylic oxidation sites excluding steroid dienone is 1. The van der Waals surface area contributed by atoms with Crippen molar-refractivity contribution in [1.82, 2.24) is 14.5 Å². The summed E-state index contributed by atoms with van der Waals surface area (Å²) >= 11 is 2.22. The molecule has 0 saturated heterocycles. The predicted octanol–water partition coefficient (Wildman–Crippen LogP) is 4.28. The number of carbonyl (C=O) groups is 1. The summed E-state index contributed by atoms with van der Waals surface area (Å²) in [5.74, 6) is 0.315. The van der Waals surface area contributed by atoms with E-state index >= 15 is 0 Å². The maximum absolute atomic E-state index is 14.0. The third kappa shape index (κ3) is 6.37. The van der Waals surface area contributed by atoms with E-state index in [1.807, 2.05) is 19.9 Å². The molecular formula is C31H29N5O7S2. The van der Waals surface area contributed by atoms with Crippen LogP contribution in [0, 0.1) is 24.0 Å². The van der Waals surface area contributed by atoms with Gasteiger partial charge in [0.1, 0.15) is 0 Å². The van der Waals surface area contributed by atoms with Crippen LogP contribution in [0.4, 0.5) is 5.69 Å². The molecule has 0 radical (unpaired) electrons. The van der Waals surface area contributed by atoms with Crippen LogP contribution in [0.2, 0.25) is 0 Å². The smallest absolute Gasteiger partial charge is 0.338 e. The number of thiazole rings is 1. The van der Waals surface area contributed by atoms with Crippen LogP contribution < -0.4 is 24.4 Å². The number of fused-ring (bicyclic) bond motifs is 1. The molecule has 2 aromatic heterocycles. The summed E-state index contributed by atoms with van der Waals surface area (Å²) in [6.45, 7) is 7.20. The highest BCUT2D eigenvalue weighted by atomic mass is 32.2. The maximum atomic E-state index is 14.0. The number of rotatable bonds is 9. The largest absolute Gasteiger partial charge is 0.493 e. The van der Waals surface area contributed by atoms with E-state index < -0.39 is 22.5 Å². The first-order valence-electron chi connectivity index (χ1n) is 13.7. The zero-order valence-corrected chi connectivity index (χ0v) is 26.9. The Kier molecular flexibility index (Phi) is 9.16. The lowest BCUT2D eigenvalue weighted by Gasteiger charge is -2.25. The standard InChI is InChI=1S/C31H29N5O7S2/c1-7-43-29(38)26-18(4)34-31-35(27(26)20-9-10-22(41-5)23(15-20)42-6)28(37)25(45-31)14-19-8-11-24(21(13-19)36(39)40)44-30-32-16(2)12-17(3)33-30/h8-15,27H,7H2,1-6H3/b25-14+/t27-/m0/s1. The van der Waals surface area contributed by atoms with E-state index in [0.29, 0.717) is 43.2 Å². The number of carbonyl (C=O) groups excluding carboxylic acids is 1. The minimum absolute atomic E-state index is 0.140. The molecule has 1 aliphatic rings. The first kappa shape index (κ1) is 31.6. The normalized spacial score (nSPS) is 14.5. The highest BCUT2D eigenvalue weighted by molar-refractivity contribution is 7.99. The average Bonchev–Trinajstić information content (AvgIpc) is 3.29. The maximum Gasteiger partial charge on any atom is 0.338 e. The zero-order valence-electron chi connectivity index (χ0n) is 25.3. The van der Waals surface area contributed by atoms with Gasteiger partial charge in [-0.1, -0.05) is 23.5 Å². The van der Waals surface area contributed by atoms with Crippen molar-refractivity contribution in [2.24, 2.45) is 4.99 Å². The van der Waals surface area contributed by atoms with Gasteiger partial charge in [0.15, 0.2) is 21.5 Å². The van der Waals surface area contributed by atoms with E-state index in [4.69, 9.17) is 14.2 Å². The summed E-state index contributed by atoms with van der Waals surface area (Å²) < 4.78 is 17.9. The van der Waals surface area contributed by atoms with Gasteiger partial charge in [0.05, 0.1) is 52.5 Å². The first-order chi connectivity index (χ1) is 21.5. The first-order valence-corrected chi connectivity index (χ1v) is 15.4. The van der Waals surface area contributed by atoms with Crippen LogP contribution in [0.25, 0.3) is 6.08 Å². The zero-order chi connectivity index (χ0) is 32.4. The Balaban J connectivity index is 1.64. The van der Waals surface area contributed by atoms with Gasteiger partial charge < -0.3 is 14.2 Å². The topological polar surface area (TPSA) is 148 Å². The molecule has 3 heterocycles. The van der Waals surface area contributed by atoms with Gasteiger partial charge in [-0.25, -0.2) is 19.8 Å². The van der Waals surface area contributed by atoms with Crippen LogP contribution in [0.3, 0.4) is 0 Å². The second-order valence-corrected chi connectivity index (χ2v) is 12.0. The van der Waals surface area contributed by atoms with Crippen molar-refractivity contribution in [3.05, 3.63) is 106 Å². The molecule has 0 saturated carbocycles. The van der Waals surface area contributed by atoms with Gasteiger partial charge in [-0.05, 0) is 80.9 Å². The molecule has 14 heteroatoms. The van der Waals surface area contributed by atoms with Crippen LogP contribution in [0.1, 0.15) is 42.4 Å². The van der Waals surface area contributed by atoms with E-state index in [2.05, 4.69) is 15.0 Å². The lowest BCUT2D eigenvalue weighted by Crippen LogP contribution is -2.40. The fraction of sp³-hybridized carbons (Fsp3) is 0.258.